The van der Waals surface area contributed by atoms with Gasteiger partial charge in [0.1, 0.15) is 6.04 Å². The van der Waals surface area contributed by atoms with E-state index in [1.165, 1.54) is 0 Å². The largest absolute Gasteiger partial charge is 0.394 e. The molecule has 4 nitrogen and oxygen atoms in total. The molecule has 1 heterocycles. The number of carbonyl (C=O) groups excluding carboxylic acids is 1. The van der Waals surface area contributed by atoms with Crippen LogP contribution in [-0.4, -0.2) is 48.2 Å². The van der Waals surface area contributed by atoms with E-state index in [1.54, 1.807) is 0 Å². The summed E-state index contributed by atoms with van der Waals surface area (Å²) < 4.78 is 0. The van der Waals surface area contributed by atoms with Crippen LogP contribution in [0.25, 0.3) is 0 Å². The van der Waals surface area contributed by atoms with Gasteiger partial charge < -0.3 is 15.3 Å². The van der Waals surface area contributed by atoms with Crippen molar-refractivity contribution in [1.82, 2.24) is 10.2 Å². The standard InChI is InChI=1S/C9H18N2O2/c1-2-5-11-6-3-4-10-8(7-12)9(11)13/h8,10,12H,2-7H2,1H3. The molecule has 0 saturated carbocycles. The number of rotatable bonds is 3. The molecular weight excluding hydrogens is 168 g/mol. The molecule has 0 aliphatic carbocycles. The van der Waals surface area contributed by atoms with E-state index < -0.39 is 0 Å². The minimum atomic E-state index is -0.381. The number of amides is 1. The fourth-order valence-electron chi connectivity index (χ4n) is 1.60. The maximum atomic E-state index is 11.7. The van der Waals surface area contributed by atoms with Crippen molar-refractivity contribution in [2.24, 2.45) is 0 Å². The van der Waals surface area contributed by atoms with Gasteiger partial charge in [-0.3, -0.25) is 4.79 Å². The molecule has 1 rings (SSSR count). The summed E-state index contributed by atoms with van der Waals surface area (Å²) in [5, 5.41) is 12.0. The molecular formula is C9H18N2O2. The second-order valence-electron chi connectivity index (χ2n) is 3.37. The summed E-state index contributed by atoms with van der Waals surface area (Å²) in [5.74, 6) is 0.0434. The third kappa shape index (κ3) is 2.67. The highest BCUT2D eigenvalue weighted by molar-refractivity contribution is 5.82. The first-order valence-electron chi connectivity index (χ1n) is 4.92. The van der Waals surface area contributed by atoms with Crippen LogP contribution in [0.4, 0.5) is 0 Å². The van der Waals surface area contributed by atoms with Gasteiger partial charge in [0, 0.05) is 13.1 Å². The number of nitrogens with zero attached hydrogens (tertiary/aromatic N) is 1. The first kappa shape index (κ1) is 10.5. The smallest absolute Gasteiger partial charge is 0.242 e. The average molecular weight is 186 g/mol. The number of nitrogens with one attached hydrogen (secondary N) is 1. The van der Waals surface area contributed by atoms with Gasteiger partial charge in [-0.15, -0.1) is 0 Å². The Morgan fingerprint density at radius 1 is 1.69 bits per heavy atom. The van der Waals surface area contributed by atoms with Crippen LogP contribution in [0, 0.1) is 0 Å². The molecule has 0 radical (unpaired) electrons. The van der Waals surface area contributed by atoms with Crippen molar-refractivity contribution in [2.45, 2.75) is 25.8 Å². The van der Waals surface area contributed by atoms with E-state index in [4.69, 9.17) is 5.11 Å². The Balaban J connectivity index is 2.56. The van der Waals surface area contributed by atoms with Crippen molar-refractivity contribution < 1.29 is 9.90 Å². The van der Waals surface area contributed by atoms with Gasteiger partial charge >= 0.3 is 0 Å². The fraction of sp³-hybridized carbons (Fsp3) is 0.889. The van der Waals surface area contributed by atoms with Crippen LogP contribution in [0.15, 0.2) is 0 Å². The molecule has 0 spiro atoms. The van der Waals surface area contributed by atoms with Crippen molar-refractivity contribution in [2.75, 3.05) is 26.2 Å². The Morgan fingerprint density at radius 2 is 2.46 bits per heavy atom. The molecule has 4 heteroatoms. The molecule has 1 aliphatic heterocycles. The van der Waals surface area contributed by atoms with Crippen LogP contribution in [0.1, 0.15) is 19.8 Å². The van der Waals surface area contributed by atoms with Crippen LogP contribution in [-0.2, 0) is 4.79 Å². The van der Waals surface area contributed by atoms with Crippen molar-refractivity contribution in [1.29, 1.82) is 0 Å². The molecule has 0 aromatic carbocycles. The number of hydrogen-bond donors (Lipinski definition) is 2. The van der Waals surface area contributed by atoms with Crippen molar-refractivity contribution in [3.05, 3.63) is 0 Å². The molecule has 0 aromatic heterocycles. The monoisotopic (exact) mass is 186 g/mol. The van der Waals surface area contributed by atoms with E-state index >= 15 is 0 Å². The Hall–Kier alpha value is -0.610. The lowest BCUT2D eigenvalue weighted by molar-refractivity contribution is -0.133. The normalized spacial score (nSPS) is 24.6. The topological polar surface area (TPSA) is 52.6 Å². The zero-order chi connectivity index (χ0) is 9.68. The number of carbonyl (C=O) groups is 1. The Labute approximate surface area is 78.9 Å². The van der Waals surface area contributed by atoms with E-state index in [1.807, 2.05) is 4.90 Å². The summed E-state index contributed by atoms with van der Waals surface area (Å²) in [6, 6.07) is -0.381. The number of aliphatic hydroxyl groups excluding tert-OH is 1. The summed E-state index contributed by atoms with van der Waals surface area (Å²) in [4.78, 5) is 13.5. The second-order valence-corrected chi connectivity index (χ2v) is 3.37. The highest BCUT2D eigenvalue weighted by atomic mass is 16.3. The van der Waals surface area contributed by atoms with Gasteiger partial charge in [-0.25, -0.2) is 0 Å². The average Bonchev–Trinajstić information content (AvgIpc) is 2.30. The molecule has 0 aromatic rings. The second kappa shape index (κ2) is 5.19. The van der Waals surface area contributed by atoms with Crippen molar-refractivity contribution in [3.63, 3.8) is 0 Å². The van der Waals surface area contributed by atoms with Crippen LogP contribution in [0.3, 0.4) is 0 Å². The zero-order valence-electron chi connectivity index (χ0n) is 8.12. The molecule has 0 bridgehead atoms. The maximum absolute atomic E-state index is 11.7. The number of hydrogen-bond acceptors (Lipinski definition) is 3. The molecule has 1 unspecified atom stereocenters. The van der Waals surface area contributed by atoms with Gasteiger partial charge in [0.25, 0.3) is 0 Å². The lowest BCUT2D eigenvalue weighted by Gasteiger charge is -2.22. The molecule has 1 saturated heterocycles. The van der Waals surface area contributed by atoms with E-state index in [0.29, 0.717) is 0 Å². The van der Waals surface area contributed by atoms with Crippen LogP contribution in [0.2, 0.25) is 0 Å². The van der Waals surface area contributed by atoms with Crippen molar-refractivity contribution in [3.8, 4) is 0 Å². The van der Waals surface area contributed by atoms with Gasteiger partial charge in [0.05, 0.1) is 6.61 Å². The van der Waals surface area contributed by atoms with E-state index in [0.717, 1.165) is 32.5 Å². The maximum Gasteiger partial charge on any atom is 0.242 e. The third-order valence-corrected chi connectivity index (χ3v) is 2.28. The van der Waals surface area contributed by atoms with E-state index in [9.17, 15) is 4.79 Å². The van der Waals surface area contributed by atoms with Gasteiger partial charge in [-0.05, 0) is 19.4 Å². The Kier molecular flexibility index (Phi) is 4.18. The summed E-state index contributed by atoms with van der Waals surface area (Å²) in [6.45, 7) is 4.39. The Morgan fingerprint density at radius 3 is 3.08 bits per heavy atom. The van der Waals surface area contributed by atoms with Crippen LogP contribution in [0.5, 0.6) is 0 Å². The predicted octanol–water partition coefficient (Wildman–Crippen LogP) is -0.421. The molecule has 1 atom stereocenters. The predicted molar refractivity (Wildman–Crippen MR) is 50.4 cm³/mol. The summed E-state index contributed by atoms with van der Waals surface area (Å²) in [7, 11) is 0. The zero-order valence-corrected chi connectivity index (χ0v) is 8.12. The van der Waals surface area contributed by atoms with Crippen molar-refractivity contribution >= 4 is 5.91 Å². The molecule has 1 fully saturated rings. The quantitative estimate of drug-likeness (QED) is 0.629. The molecule has 1 aliphatic rings. The molecule has 1 amide bonds. The minimum absolute atomic E-state index is 0.0434. The first-order chi connectivity index (χ1) is 6.29. The van der Waals surface area contributed by atoms with Gasteiger partial charge in [-0.1, -0.05) is 6.92 Å². The number of aliphatic hydroxyl groups is 1. The molecule has 13 heavy (non-hydrogen) atoms. The summed E-state index contributed by atoms with van der Waals surface area (Å²) in [6.07, 6.45) is 1.95. The molecule has 76 valence electrons. The first-order valence-corrected chi connectivity index (χ1v) is 4.92. The highest BCUT2D eigenvalue weighted by Crippen LogP contribution is 2.02. The van der Waals surface area contributed by atoms with E-state index in [2.05, 4.69) is 12.2 Å². The van der Waals surface area contributed by atoms with Crippen LogP contribution < -0.4 is 5.32 Å². The van der Waals surface area contributed by atoms with Crippen LogP contribution >= 0.6 is 0 Å². The van der Waals surface area contributed by atoms with Gasteiger partial charge in [0.15, 0.2) is 0 Å². The SMILES string of the molecule is CCCN1CCCNC(CO)C1=O. The molecule has 2 N–H and O–H groups in total. The summed E-state index contributed by atoms with van der Waals surface area (Å²) >= 11 is 0. The fourth-order valence-corrected chi connectivity index (χ4v) is 1.60. The third-order valence-electron chi connectivity index (χ3n) is 2.28. The lowest BCUT2D eigenvalue weighted by Crippen LogP contribution is -2.45. The van der Waals surface area contributed by atoms with E-state index in [-0.39, 0.29) is 18.6 Å². The van der Waals surface area contributed by atoms with Gasteiger partial charge in [0.2, 0.25) is 5.91 Å². The minimum Gasteiger partial charge on any atom is -0.394 e. The lowest BCUT2D eigenvalue weighted by atomic mass is 10.2. The summed E-state index contributed by atoms with van der Waals surface area (Å²) in [5.41, 5.74) is 0. The van der Waals surface area contributed by atoms with Gasteiger partial charge in [-0.2, -0.15) is 0 Å². The Bertz CT molecular complexity index is 173. The highest BCUT2D eigenvalue weighted by Gasteiger charge is 2.24.